The summed E-state index contributed by atoms with van der Waals surface area (Å²) in [5.74, 6) is 0.169. The van der Waals surface area contributed by atoms with Crippen LogP contribution in [0, 0.1) is 5.92 Å². The third kappa shape index (κ3) is 3.53. The van der Waals surface area contributed by atoms with Crippen LogP contribution in [0.25, 0.3) is 10.9 Å². The van der Waals surface area contributed by atoms with Gasteiger partial charge in [-0.15, -0.1) is 0 Å². The van der Waals surface area contributed by atoms with E-state index in [4.69, 9.17) is 4.74 Å². The van der Waals surface area contributed by atoms with Crippen LogP contribution in [0.1, 0.15) is 12.0 Å². The Balaban J connectivity index is 1.47. The third-order valence-corrected chi connectivity index (χ3v) is 5.03. The lowest BCUT2D eigenvalue weighted by atomic mass is 10.1. The minimum absolute atomic E-state index is 0.0258. The molecule has 28 heavy (non-hydrogen) atoms. The summed E-state index contributed by atoms with van der Waals surface area (Å²) in [6.07, 6.45) is 1.91. The second kappa shape index (κ2) is 7.68. The van der Waals surface area contributed by atoms with E-state index in [0.29, 0.717) is 18.8 Å². The Bertz CT molecular complexity index is 1030. The highest BCUT2D eigenvalue weighted by Gasteiger charge is 2.34. The fourth-order valence-electron chi connectivity index (χ4n) is 3.58. The summed E-state index contributed by atoms with van der Waals surface area (Å²) in [6, 6.07) is 17.1. The molecule has 1 aliphatic heterocycles. The first-order valence-corrected chi connectivity index (χ1v) is 9.20. The number of nitrogens with zero attached hydrogens (tertiary/aromatic N) is 2. The number of amides is 2. The van der Waals surface area contributed by atoms with Gasteiger partial charge in [-0.3, -0.25) is 14.6 Å². The fraction of sp³-hybridized carbons (Fsp3) is 0.227. The van der Waals surface area contributed by atoms with Crippen molar-refractivity contribution < 1.29 is 14.3 Å². The molecule has 1 N–H and O–H groups in total. The zero-order valence-corrected chi connectivity index (χ0v) is 15.6. The molecule has 1 aromatic heterocycles. The summed E-state index contributed by atoms with van der Waals surface area (Å²) >= 11 is 0. The predicted molar refractivity (Wildman–Crippen MR) is 107 cm³/mol. The van der Waals surface area contributed by atoms with Crippen LogP contribution in [0.2, 0.25) is 0 Å². The lowest BCUT2D eigenvalue weighted by molar-refractivity contribution is -0.128. The van der Waals surface area contributed by atoms with Crippen LogP contribution < -0.4 is 10.1 Å². The van der Waals surface area contributed by atoms with Crippen molar-refractivity contribution in [1.29, 1.82) is 0 Å². The van der Waals surface area contributed by atoms with Gasteiger partial charge in [0.1, 0.15) is 5.75 Å². The average molecular weight is 375 g/mol. The molecular formula is C22H21N3O3. The zero-order chi connectivity index (χ0) is 19.5. The Morgan fingerprint density at radius 2 is 2.00 bits per heavy atom. The number of pyridine rings is 1. The van der Waals surface area contributed by atoms with Crippen LogP contribution in [0.4, 0.5) is 5.69 Å². The Morgan fingerprint density at radius 1 is 1.18 bits per heavy atom. The number of hydrogen-bond acceptors (Lipinski definition) is 4. The monoisotopic (exact) mass is 375 g/mol. The first-order valence-electron chi connectivity index (χ1n) is 9.20. The Kier molecular flexibility index (Phi) is 4.93. The maximum absolute atomic E-state index is 12.8. The molecule has 4 rings (SSSR count). The van der Waals surface area contributed by atoms with Crippen molar-refractivity contribution in [1.82, 2.24) is 9.88 Å². The highest BCUT2D eigenvalue weighted by molar-refractivity contribution is 6.02. The van der Waals surface area contributed by atoms with E-state index in [2.05, 4.69) is 10.3 Å². The Morgan fingerprint density at radius 3 is 2.86 bits per heavy atom. The molecule has 0 spiro atoms. The maximum atomic E-state index is 12.8. The standard InChI is InChI=1S/C22H21N3O3/c1-28-19-10-3-2-6-16(19)13-25-14-17(12-20(25)26)22(27)24-18-9-4-7-15-8-5-11-23-21(15)18/h2-11,17H,12-14H2,1H3,(H,24,27). The van der Waals surface area contributed by atoms with E-state index >= 15 is 0 Å². The molecule has 1 fully saturated rings. The first kappa shape index (κ1) is 18.0. The van der Waals surface area contributed by atoms with E-state index in [1.165, 1.54) is 0 Å². The van der Waals surface area contributed by atoms with Gasteiger partial charge in [0.05, 0.1) is 24.2 Å². The Labute approximate surface area is 163 Å². The van der Waals surface area contributed by atoms with Gasteiger partial charge in [-0.25, -0.2) is 0 Å². The van der Waals surface area contributed by atoms with Crippen molar-refractivity contribution in [2.24, 2.45) is 5.92 Å². The molecule has 1 atom stereocenters. The number of hydrogen-bond donors (Lipinski definition) is 1. The average Bonchev–Trinajstić information content (AvgIpc) is 3.09. The molecule has 6 heteroatoms. The highest BCUT2D eigenvalue weighted by Crippen LogP contribution is 2.27. The fourth-order valence-corrected chi connectivity index (χ4v) is 3.58. The van der Waals surface area contributed by atoms with Gasteiger partial charge in [0.25, 0.3) is 0 Å². The number of carbonyl (C=O) groups is 2. The topological polar surface area (TPSA) is 71.5 Å². The smallest absolute Gasteiger partial charge is 0.229 e. The van der Waals surface area contributed by atoms with Crippen LogP contribution in [0.15, 0.2) is 60.8 Å². The summed E-state index contributed by atoms with van der Waals surface area (Å²) < 4.78 is 5.36. The second-order valence-corrected chi connectivity index (χ2v) is 6.86. The van der Waals surface area contributed by atoms with Crippen molar-refractivity contribution in [3.8, 4) is 5.75 Å². The van der Waals surface area contributed by atoms with Crippen molar-refractivity contribution in [2.45, 2.75) is 13.0 Å². The minimum atomic E-state index is -0.388. The molecular weight excluding hydrogens is 354 g/mol. The molecule has 0 bridgehead atoms. The van der Waals surface area contributed by atoms with Gasteiger partial charge in [0, 0.05) is 36.7 Å². The number of rotatable bonds is 5. The van der Waals surface area contributed by atoms with E-state index in [1.54, 1.807) is 18.2 Å². The SMILES string of the molecule is COc1ccccc1CN1CC(C(=O)Nc2cccc3cccnc23)CC1=O. The number of carbonyl (C=O) groups excluding carboxylic acids is 2. The number of para-hydroxylation sites is 2. The summed E-state index contributed by atoms with van der Waals surface area (Å²) in [5.41, 5.74) is 2.34. The number of anilines is 1. The van der Waals surface area contributed by atoms with Gasteiger partial charge in [-0.1, -0.05) is 36.4 Å². The molecule has 1 saturated heterocycles. The van der Waals surface area contributed by atoms with E-state index in [0.717, 1.165) is 22.2 Å². The van der Waals surface area contributed by atoms with E-state index in [1.807, 2.05) is 54.6 Å². The van der Waals surface area contributed by atoms with Gasteiger partial charge in [0.2, 0.25) is 11.8 Å². The Hall–Kier alpha value is -3.41. The number of benzene rings is 2. The number of ether oxygens (including phenoxy) is 1. The normalized spacial score (nSPS) is 16.4. The van der Waals surface area contributed by atoms with Crippen molar-refractivity contribution in [3.63, 3.8) is 0 Å². The molecule has 6 nitrogen and oxygen atoms in total. The molecule has 1 aliphatic rings. The first-order chi connectivity index (χ1) is 13.7. The molecule has 3 aromatic rings. The van der Waals surface area contributed by atoms with Crippen LogP contribution in [0.3, 0.4) is 0 Å². The summed E-state index contributed by atoms with van der Waals surface area (Å²) in [4.78, 5) is 31.3. The highest BCUT2D eigenvalue weighted by atomic mass is 16.5. The maximum Gasteiger partial charge on any atom is 0.229 e. The van der Waals surface area contributed by atoms with Crippen LogP contribution in [-0.4, -0.2) is 35.4 Å². The van der Waals surface area contributed by atoms with Crippen molar-refractivity contribution in [2.75, 3.05) is 19.0 Å². The van der Waals surface area contributed by atoms with E-state index < -0.39 is 0 Å². The van der Waals surface area contributed by atoms with Crippen molar-refractivity contribution in [3.05, 3.63) is 66.4 Å². The van der Waals surface area contributed by atoms with Gasteiger partial charge >= 0.3 is 0 Å². The molecule has 0 radical (unpaired) electrons. The van der Waals surface area contributed by atoms with E-state index in [9.17, 15) is 9.59 Å². The van der Waals surface area contributed by atoms with Gasteiger partial charge < -0.3 is 15.0 Å². The molecule has 1 unspecified atom stereocenters. The van der Waals surface area contributed by atoms with Gasteiger partial charge in [-0.2, -0.15) is 0 Å². The molecule has 2 aromatic carbocycles. The largest absolute Gasteiger partial charge is 0.496 e. The van der Waals surface area contributed by atoms with Crippen LogP contribution in [-0.2, 0) is 16.1 Å². The molecule has 2 amide bonds. The summed E-state index contributed by atoms with van der Waals surface area (Å²) in [5, 5.41) is 3.91. The lowest BCUT2D eigenvalue weighted by Crippen LogP contribution is -2.28. The summed E-state index contributed by atoms with van der Waals surface area (Å²) in [7, 11) is 1.61. The zero-order valence-electron chi connectivity index (χ0n) is 15.6. The molecule has 2 heterocycles. The predicted octanol–water partition coefficient (Wildman–Crippen LogP) is 3.23. The quantitative estimate of drug-likeness (QED) is 0.743. The van der Waals surface area contributed by atoms with Crippen LogP contribution >= 0.6 is 0 Å². The third-order valence-electron chi connectivity index (χ3n) is 5.03. The molecule has 0 aliphatic carbocycles. The van der Waals surface area contributed by atoms with Crippen molar-refractivity contribution >= 4 is 28.4 Å². The number of nitrogens with one attached hydrogen (secondary N) is 1. The molecule has 142 valence electrons. The second-order valence-electron chi connectivity index (χ2n) is 6.86. The van der Waals surface area contributed by atoms with Gasteiger partial charge in [-0.05, 0) is 18.2 Å². The minimum Gasteiger partial charge on any atom is -0.496 e. The van der Waals surface area contributed by atoms with Gasteiger partial charge in [0.15, 0.2) is 0 Å². The molecule has 0 saturated carbocycles. The number of aromatic nitrogens is 1. The number of fused-ring (bicyclic) bond motifs is 1. The van der Waals surface area contributed by atoms with E-state index in [-0.39, 0.29) is 24.2 Å². The summed E-state index contributed by atoms with van der Waals surface area (Å²) in [6.45, 7) is 0.823. The number of likely N-dealkylation sites (tertiary alicyclic amines) is 1. The number of methoxy groups -OCH3 is 1. The van der Waals surface area contributed by atoms with Crippen LogP contribution in [0.5, 0.6) is 5.75 Å². The lowest BCUT2D eigenvalue weighted by Gasteiger charge is -2.18.